The molecule has 0 aliphatic carbocycles. The molecule has 1 aromatic rings. The Morgan fingerprint density at radius 1 is 1.60 bits per heavy atom. The second kappa shape index (κ2) is 5.04. The lowest BCUT2D eigenvalue weighted by atomic mass is 10.0. The van der Waals surface area contributed by atoms with Crippen LogP contribution in [-0.2, 0) is 0 Å². The molecule has 15 heavy (non-hydrogen) atoms. The highest BCUT2D eigenvalue weighted by atomic mass is 35.5. The molecular formula is C12H18ClNO. The van der Waals surface area contributed by atoms with Gasteiger partial charge in [0.1, 0.15) is 11.1 Å². The fourth-order valence-electron chi connectivity index (χ4n) is 2.19. The van der Waals surface area contributed by atoms with Crippen molar-refractivity contribution >= 4 is 11.6 Å². The van der Waals surface area contributed by atoms with E-state index >= 15 is 0 Å². The number of piperidine rings is 1. The molecule has 2 unspecified atom stereocenters. The standard InChI is InChI=1S/C12H18ClNO/c1-10-5-2-3-7-14(10)9-11(13)12-6-4-8-15-12/h4,6,8,10-11H,2-3,5,7,9H2,1H3. The van der Waals surface area contributed by atoms with E-state index in [0.717, 1.165) is 12.3 Å². The van der Waals surface area contributed by atoms with Crippen LogP contribution in [0.3, 0.4) is 0 Å². The molecule has 0 saturated carbocycles. The molecule has 0 radical (unpaired) electrons. The van der Waals surface area contributed by atoms with Crippen LogP contribution in [0.4, 0.5) is 0 Å². The normalized spacial score (nSPS) is 25.3. The number of nitrogens with zero attached hydrogens (tertiary/aromatic N) is 1. The lowest BCUT2D eigenvalue weighted by molar-refractivity contribution is 0.158. The Bertz CT molecular complexity index is 286. The van der Waals surface area contributed by atoms with Gasteiger partial charge in [-0.15, -0.1) is 11.6 Å². The van der Waals surface area contributed by atoms with Crippen LogP contribution < -0.4 is 0 Å². The van der Waals surface area contributed by atoms with E-state index in [9.17, 15) is 0 Å². The third kappa shape index (κ3) is 2.76. The lowest BCUT2D eigenvalue weighted by Crippen LogP contribution is -2.39. The molecule has 1 aliphatic heterocycles. The predicted octanol–water partition coefficient (Wildman–Crippen LogP) is 3.43. The molecule has 0 bridgehead atoms. The Hall–Kier alpha value is -0.470. The van der Waals surface area contributed by atoms with Crippen LogP contribution in [0.25, 0.3) is 0 Å². The van der Waals surface area contributed by atoms with Crippen LogP contribution in [-0.4, -0.2) is 24.0 Å². The molecule has 0 amide bonds. The molecule has 1 aliphatic rings. The fraction of sp³-hybridized carbons (Fsp3) is 0.667. The average molecular weight is 228 g/mol. The van der Waals surface area contributed by atoms with Gasteiger partial charge in [0, 0.05) is 12.6 Å². The largest absolute Gasteiger partial charge is 0.468 e. The lowest BCUT2D eigenvalue weighted by Gasteiger charge is -2.34. The molecule has 0 spiro atoms. The molecule has 0 N–H and O–H groups in total. The van der Waals surface area contributed by atoms with Crippen molar-refractivity contribution in [3.63, 3.8) is 0 Å². The Balaban J connectivity index is 1.90. The van der Waals surface area contributed by atoms with E-state index in [1.54, 1.807) is 6.26 Å². The van der Waals surface area contributed by atoms with Gasteiger partial charge in [-0.3, -0.25) is 4.90 Å². The summed E-state index contributed by atoms with van der Waals surface area (Å²) >= 11 is 6.31. The summed E-state index contributed by atoms with van der Waals surface area (Å²) in [6, 6.07) is 4.51. The summed E-state index contributed by atoms with van der Waals surface area (Å²) in [6.45, 7) is 4.35. The van der Waals surface area contributed by atoms with Crippen molar-refractivity contribution in [1.82, 2.24) is 4.90 Å². The van der Waals surface area contributed by atoms with Gasteiger partial charge < -0.3 is 4.42 Å². The quantitative estimate of drug-likeness (QED) is 0.736. The third-order valence-electron chi connectivity index (χ3n) is 3.19. The molecule has 1 saturated heterocycles. The summed E-state index contributed by atoms with van der Waals surface area (Å²) < 4.78 is 5.31. The molecule has 0 aromatic carbocycles. The van der Waals surface area contributed by atoms with E-state index in [-0.39, 0.29) is 5.38 Å². The SMILES string of the molecule is CC1CCCCN1CC(Cl)c1ccco1. The van der Waals surface area contributed by atoms with Gasteiger partial charge in [0.25, 0.3) is 0 Å². The van der Waals surface area contributed by atoms with Gasteiger partial charge in [-0.1, -0.05) is 6.42 Å². The highest BCUT2D eigenvalue weighted by Gasteiger charge is 2.22. The summed E-state index contributed by atoms with van der Waals surface area (Å²) in [5.41, 5.74) is 0. The van der Waals surface area contributed by atoms with E-state index in [2.05, 4.69) is 11.8 Å². The number of alkyl halides is 1. The first-order valence-electron chi connectivity index (χ1n) is 5.69. The number of hydrogen-bond donors (Lipinski definition) is 0. The minimum Gasteiger partial charge on any atom is -0.468 e. The van der Waals surface area contributed by atoms with Crippen molar-refractivity contribution in [2.45, 2.75) is 37.6 Å². The molecule has 2 heterocycles. The smallest absolute Gasteiger partial charge is 0.122 e. The van der Waals surface area contributed by atoms with Crippen molar-refractivity contribution in [3.8, 4) is 0 Å². The highest BCUT2D eigenvalue weighted by Crippen LogP contribution is 2.25. The van der Waals surface area contributed by atoms with Gasteiger partial charge in [0.2, 0.25) is 0 Å². The van der Waals surface area contributed by atoms with Crippen molar-refractivity contribution < 1.29 is 4.42 Å². The Morgan fingerprint density at radius 3 is 3.13 bits per heavy atom. The van der Waals surface area contributed by atoms with Crippen LogP contribution in [0.5, 0.6) is 0 Å². The molecule has 84 valence electrons. The molecule has 1 aromatic heterocycles. The van der Waals surface area contributed by atoms with E-state index in [1.165, 1.54) is 25.8 Å². The maximum atomic E-state index is 6.31. The molecule has 2 atom stereocenters. The van der Waals surface area contributed by atoms with Crippen LogP contribution in [0.1, 0.15) is 37.3 Å². The monoisotopic (exact) mass is 227 g/mol. The van der Waals surface area contributed by atoms with Gasteiger partial charge in [-0.2, -0.15) is 0 Å². The minimum atomic E-state index is -0.0134. The Kier molecular flexibility index (Phi) is 3.71. The summed E-state index contributed by atoms with van der Waals surface area (Å²) in [4.78, 5) is 2.46. The Morgan fingerprint density at radius 2 is 2.47 bits per heavy atom. The molecule has 1 fully saturated rings. The van der Waals surface area contributed by atoms with Crippen LogP contribution in [0.2, 0.25) is 0 Å². The van der Waals surface area contributed by atoms with E-state index < -0.39 is 0 Å². The molecular weight excluding hydrogens is 210 g/mol. The summed E-state index contributed by atoms with van der Waals surface area (Å²) in [6.07, 6.45) is 5.63. The number of rotatable bonds is 3. The number of furan rings is 1. The average Bonchev–Trinajstić information content (AvgIpc) is 2.74. The second-order valence-electron chi connectivity index (χ2n) is 4.32. The van der Waals surface area contributed by atoms with Crippen LogP contribution in [0.15, 0.2) is 22.8 Å². The zero-order valence-electron chi connectivity index (χ0n) is 9.16. The topological polar surface area (TPSA) is 16.4 Å². The fourth-order valence-corrected chi connectivity index (χ4v) is 2.50. The molecule has 3 heteroatoms. The Labute approximate surface area is 96.2 Å². The zero-order valence-corrected chi connectivity index (χ0v) is 9.91. The predicted molar refractivity (Wildman–Crippen MR) is 62.2 cm³/mol. The van der Waals surface area contributed by atoms with Crippen molar-refractivity contribution in [2.75, 3.05) is 13.1 Å². The summed E-state index contributed by atoms with van der Waals surface area (Å²) in [5, 5.41) is -0.0134. The first-order chi connectivity index (χ1) is 7.27. The van der Waals surface area contributed by atoms with Gasteiger partial charge in [0.15, 0.2) is 0 Å². The van der Waals surface area contributed by atoms with Gasteiger partial charge in [0.05, 0.1) is 6.26 Å². The first kappa shape index (κ1) is 11.0. The first-order valence-corrected chi connectivity index (χ1v) is 6.12. The highest BCUT2D eigenvalue weighted by molar-refractivity contribution is 6.20. The second-order valence-corrected chi connectivity index (χ2v) is 4.85. The molecule has 2 nitrogen and oxygen atoms in total. The van der Waals surface area contributed by atoms with Gasteiger partial charge >= 0.3 is 0 Å². The van der Waals surface area contributed by atoms with Crippen LogP contribution in [0, 0.1) is 0 Å². The van der Waals surface area contributed by atoms with Crippen LogP contribution >= 0.6 is 11.6 Å². The van der Waals surface area contributed by atoms with E-state index in [1.807, 2.05) is 12.1 Å². The minimum absolute atomic E-state index is 0.0134. The number of hydrogen-bond acceptors (Lipinski definition) is 2. The van der Waals surface area contributed by atoms with E-state index in [4.69, 9.17) is 16.0 Å². The zero-order chi connectivity index (χ0) is 10.7. The van der Waals surface area contributed by atoms with Crippen molar-refractivity contribution in [3.05, 3.63) is 24.2 Å². The maximum absolute atomic E-state index is 6.31. The molecule has 2 rings (SSSR count). The van der Waals surface area contributed by atoms with Gasteiger partial charge in [-0.25, -0.2) is 0 Å². The summed E-state index contributed by atoms with van der Waals surface area (Å²) in [5.74, 6) is 0.884. The third-order valence-corrected chi connectivity index (χ3v) is 3.54. The van der Waals surface area contributed by atoms with Crippen molar-refractivity contribution in [1.29, 1.82) is 0 Å². The summed E-state index contributed by atoms with van der Waals surface area (Å²) in [7, 11) is 0. The number of likely N-dealkylation sites (tertiary alicyclic amines) is 1. The number of halogens is 1. The maximum Gasteiger partial charge on any atom is 0.122 e. The van der Waals surface area contributed by atoms with E-state index in [0.29, 0.717) is 6.04 Å². The van der Waals surface area contributed by atoms with Crippen molar-refractivity contribution in [2.24, 2.45) is 0 Å². The van der Waals surface area contributed by atoms with Gasteiger partial charge in [-0.05, 0) is 38.4 Å².